The van der Waals surface area contributed by atoms with Gasteiger partial charge in [0.1, 0.15) is 5.49 Å². The predicted molar refractivity (Wildman–Crippen MR) is 87.5 cm³/mol. The second kappa shape index (κ2) is 7.84. The Labute approximate surface area is 129 Å². The Hall–Kier alpha value is -1.81. The Morgan fingerprint density at radius 2 is 1.86 bits per heavy atom. The number of benzene rings is 1. The lowest BCUT2D eigenvalue weighted by Crippen LogP contribution is -2.27. The maximum Gasteiger partial charge on any atom is 0.233 e. The van der Waals surface area contributed by atoms with Crippen LogP contribution in [0.1, 0.15) is 25.1 Å². The summed E-state index contributed by atoms with van der Waals surface area (Å²) < 4.78 is 1.64. The van der Waals surface area contributed by atoms with Gasteiger partial charge in [0.25, 0.3) is 0 Å². The van der Waals surface area contributed by atoms with Crippen LogP contribution in [0.3, 0.4) is 0 Å². The molecule has 0 aliphatic carbocycles. The molecule has 0 saturated carbocycles. The second-order valence-corrected chi connectivity index (χ2v) is 6.13. The molecule has 110 valence electrons. The molecule has 0 aliphatic rings. The van der Waals surface area contributed by atoms with Gasteiger partial charge in [0.15, 0.2) is 0 Å². The number of nitrogens with zero attached hydrogens (tertiary/aromatic N) is 2. The molecule has 0 N–H and O–H groups in total. The molecule has 21 heavy (non-hydrogen) atoms. The van der Waals surface area contributed by atoms with E-state index in [1.54, 1.807) is 22.5 Å². The van der Waals surface area contributed by atoms with Gasteiger partial charge in [0, 0.05) is 29.3 Å². The summed E-state index contributed by atoms with van der Waals surface area (Å²) in [7, 11) is 0. The standard InChI is InChI=1S/C17H20N2OS/c1-14(2)18-16-10-6-7-12-19(16)17(20)11-13-21-15-8-4-3-5-9-15/h3-10,12,14H,11,13H2,1-2H3. The smallest absolute Gasteiger partial charge is 0.233 e. The molecular formula is C17H20N2OS. The van der Waals surface area contributed by atoms with E-state index < -0.39 is 0 Å². The first-order valence-electron chi connectivity index (χ1n) is 7.09. The number of carbonyl (C=O) groups excluding carboxylic acids is 1. The number of thioether (sulfide) groups is 1. The Kier molecular flexibility index (Phi) is 5.81. The van der Waals surface area contributed by atoms with Gasteiger partial charge in [-0.15, -0.1) is 11.8 Å². The maximum absolute atomic E-state index is 12.3. The van der Waals surface area contributed by atoms with Crippen molar-refractivity contribution in [3.05, 3.63) is 60.2 Å². The van der Waals surface area contributed by atoms with Crippen molar-refractivity contribution in [2.45, 2.75) is 31.2 Å². The van der Waals surface area contributed by atoms with E-state index in [9.17, 15) is 4.79 Å². The Morgan fingerprint density at radius 1 is 1.14 bits per heavy atom. The highest BCUT2D eigenvalue weighted by Crippen LogP contribution is 2.17. The summed E-state index contributed by atoms with van der Waals surface area (Å²) in [6.45, 7) is 4.01. The number of rotatable bonds is 5. The SMILES string of the molecule is CC(C)N=c1ccccn1C(=O)CCSc1ccccc1. The summed E-state index contributed by atoms with van der Waals surface area (Å²) in [6, 6.07) is 16.0. The van der Waals surface area contributed by atoms with Crippen LogP contribution in [0.5, 0.6) is 0 Å². The van der Waals surface area contributed by atoms with Gasteiger partial charge in [-0.3, -0.25) is 14.4 Å². The molecule has 2 aromatic rings. The fourth-order valence-corrected chi connectivity index (χ4v) is 2.77. The van der Waals surface area contributed by atoms with Crippen LogP contribution in [-0.4, -0.2) is 22.3 Å². The minimum Gasteiger partial charge on any atom is -0.274 e. The van der Waals surface area contributed by atoms with Crippen molar-refractivity contribution in [2.75, 3.05) is 5.75 Å². The van der Waals surface area contributed by atoms with Gasteiger partial charge < -0.3 is 0 Å². The van der Waals surface area contributed by atoms with Crippen molar-refractivity contribution in [3.8, 4) is 0 Å². The van der Waals surface area contributed by atoms with Crippen molar-refractivity contribution >= 4 is 17.7 Å². The fourth-order valence-electron chi connectivity index (χ4n) is 1.91. The van der Waals surface area contributed by atoms with Gasteiger partial charge in [-0.1, -0.05) is 24.3 Å². The number of aromatic nitrogens is 1. The molecule has 1 aromatic heterocycles. The van der Waals surface area contributed by atoms with Crippen LogP contribution < -0.4 is 5.49 Å². The monoisotopic (exact) mass is 300 g/mol. The van der Waals surface area contributed by atoms with Crippen molar-refractivity contribution in [2.24, 2.45) is 4.99 Å². The summed E-state index contributed by atoms with van der Waals surface area (Å²) in [6.07, 6.45) is 2.28. The molecule has 0 spiro atoms. The largest absolute Gasteiger partial charge is 0.274 e. The lowest BCUT2D eigenvalue weighted by molar-refractivity contribution is 0.0904. The summed E-state index contributed by atoms with van der Waals surface area (Å²) in [4.78, 5) is 18.0. The maximum atomic E-state index is 12.3. The van der Waals surface area contributed by atoms with Crippen molar-refractivity contribution < 1.29 is 4.79 Å². The van der Waals surface area contributed by atoms with Crippen molar-refractivity contribution in [3.63, 3.8) is 0 Å². The van der Waals surface area contributed by atoms with Gasteiger partial charge >= 0.3 is 0 Å². The van der Waals surface area contributed by atoms with Crippen molar-refractivity contribution in [1.82, 2.24) is 4.57 Å². The molecule has 1 heterocycles. The quantitative estimate of drug-likeness (QED) is 0.790. The van der Waals surface area contributed by atoms with E-state index in [2.05, 4.69) is 17.1 Å². The second-order valence-electron chi connectivity index (χ2n) is 4.96. The number of hydrogen-bond donors (Lipinski definition) is 0. The third-order valence-electron chi connectivity index (χ3n) is 2.83. The summed E-state index contributed by atoms with van der Waals surface area (Å²) in [5.74, 6) is 0.852. The number of pyridine rings is 1. The first-order chi connectivity index (χ1) is 10.2. The van der Waals surface area contributed by atoms with Gasteiger partial charge in [-0.25, -0.2) is 0 Å². The van der Waals surface area contributed by atoms with E-state index >= 15 is 0 Å². The summed E-state index contributed by atoms with van der Waals surface area (Å²) >= 11 is 1.70. The Balaban J connectivity index is 2.01. The number of carbonyl (C=O) groups is 1. The lowest BCUT2D eigenvalue weighted by atomic mass is 10.4. The van der Waals surface area contributed by atoms with Crippen LogP contribution >= 0.6 is 11.8 Å². The minimum absolute atomic E-state index is 0.0819. The number of hydrogen-bond acceptors (Lipinski definition) is 3. The average molecular weight is 300 g/mol. The Bertz CT molecular complexity index is 647. The zero-order chi connectivity index (χ0) is 15.1. The molecule has 0 bridgehead atoms. The van der Waals surface area contributed by atoms with E-state index in [4.69, 9.17) is 0 Å². The molecule has 1 aromatic carbocycles. The van der Waals surface area contributed by atoms with Gasteiger partial charge in [-0.2, -0.15) is 0 Å². The van der Waals surface area contributed by atoms with E-state index in [-0.39, 0.29) is 11.9 Å². The lowest BCUT2D eigenvalue weighted by Gasteiger charge is -2.07. The first kappa shape index (κ1) is 15.6. The molecule has 0 radical (unpaired) electrons. The van der Waals surface area contributed by atoms with Crippen LogP contribution in [0.2, 0.25) is 0 Å². The van der Waals surface area contributed by atoms with E-state index in [1.165, 1.54) is 4.90 Å². The van der Waals surface area contributed by atoms with Crippen LogP contribution in [-0.2, 0) is 0 Å². The normalized spacial score (nSPS) is 11.9. The molecule has 3 nitrogen and oxygen atoms in total. The summed E-state index contributed by atoms with van der Waals surface area (Å²) in [5, 5.41) is 0. The van der Waals surface area contributed by atoms with Crippen LogP contribution in [0.4, 0.5) is 0 Å². The first-order valence-corrected chi connectivity index (χ1v) is 8.08. The van der Waals surface area contributed by atoms with Gasteiger partial charge in [-0.05, 0) is 38.1 Å². The molecule has 0 atom stereocenters. The molecule has 0 fully saturated rings. The van der Waals surface area contributed by atoms with E-state index in [1.807, 2.05) is 50.2 Å². The van der Waals surface area contributed by atoms with E-state index in [0.717, 1.165) is 11.2 Å². The Morgan fingerprint density at radius 3 is 2.57 bits per heavy atom. The zero-order valence-corrected chi connectivity index (χ0v) is 13.2. The molecule has 0 saturated heterocycles. The molecule has 0 amide bonds. The van der Waals surface area contributed by atoms with Crippen LogP contribution in [0, 0.1) is 0 Å². The van der Waals surface area contributed by atoms with Crippen LogP contribution in [0.15, 0.2) is 64.6 Å². The van der Waals surface area contributed by atoms with Gasteiger partial charge in [0.2, 0.25) is 5.91 Å². The highest BCUT2D eigenvalue weighted by atomic mass is 32.2. The molecule has 4 heteroatoms. The summed E-state index contributed by atoms with van der Waals surface area (Å²) in [5.41, 5.74) is 0.724. The highest BCUT2D eigenvalue weighted by Gasteiger charge is 2.05. The molecule has 0 aliphatic heterocycles. The van der Waals surface area contributed by atoms with Gasteiger partial charge in [0.05, 0.1) is 0 Å². The predicted octanol–water partition coefficient (Wildman–Crippen LogP) is 3.62. The minimum atomic E-state index is 0.0819. The van der Waals surface area contributed by atoms with E-state index in [0.29, 0.717) is 6.42 Å². The third kappa shape index (κ3) is 4.90. The molecular weight excluding hydrogens is 280 g/mol. The van der Waals surface area contributed by atoms with Crippen molar-refractivity contribution in [1.29, 1.82) is 0 Å². The molecule has 2 rings (SSSR count). The third-order valence-corrected chi connectivity index (χ3v) is 3.84. The highest BCUT2D eigenvalue weighted by molar-refractivity contribution is 7.99. The fraction of sp³-hybridized carbons (Fsp3) is 0.294. The topological polar surface area (TPSA) is 34.4 Å². The average Bonchev–Trinajstić information content (AvgIpc) is 2.48. The van der Waals surface area contributed by atoms with Crippen LogP contribution in [0.25, 0.3) is 0 Å². The molecule has 0 unspecified atom stereocenters. The zero-order valence-electron chi connectivity index (χ0n) is 12.4.